The van der Waals surface area contributed by atoms with E-state index in [1.807, 2.05) is 68.9 Å². The lowest BCUT2D eigenvalue weighted by atomic mass is 9.79. The van der Waals surface area contributed by atoms with Gasteiger partial charge in [0.05, 0.1) is 36.4 Å². The van der Waals surface area contributed by atoms with Crippen LogP contribution in [0.25, 0.3) is 34.1 Å². The van der Waals surface area contributed by atoms with E-state index in [1.165, 1.54) is 0 Å². The molecular weight excluding hydrogens is 735 g/mol. The average molecular weight is 800 g/mol. The third kappa shape index (κ3) is 12.3. The highest BCUT2D eigenvalue weighted by Gasteiger charge is 2.34. The summed E-state index contributed by atoms with van der Waals surface area (Å²) in [7, 11) is -2.64. The van der Waals surface area contributed by atoms with Gasteiger partial charge in [0.15, 0.2) is 5.65 Å². The van der Waals surface area contributed by atoms with Gasteiger partial charge in [-0.1, -0.05) is 75.7 Å². The molecule has 3 heterocycles. The summed E-state index contributed by atoms with van der Waals surface area (Å²) >= 11 is 0. The molecule has 0 N–H and O–H groups in total. The zero-order valence-corrected chi connectivity index (χ0v) is 37.6. The summed E-state index contributed by atoms with van der Waals surface area (Å²) in [5.41, 5.74) is 5.88. The molecule has 1 aromatic carbocycles. The number of pyridine rings is 1. The molecule has 3 aromatic heterocycles. The van der Waals surface area contributed by atoms with E-state index >= 15 is 0 Å². The van der Waals surface area contributed by atoms with Gasteiger partial charge in [-0.25, -0.2) is 4.98 Å². The summed E-state index contributed by atoms with van der Waals surface area (Å²) in [6.45, 7) is 24.5. The van der Waals surface area contributed by atoms with Crippen molar-refractivity contribution in [1.82, 2.24) is 19.6 Å². The van der Waals surface area contributed by atoms with E-state index in [9.17, 15) is 4.79 Å². The quantitative estimate of drug-likeness (QED) is 0.0320. The summed E-state index contributed by atoms with van der Waals surface area (Å²) in [6.07, 6.45) is 10.7. The fraction of sp³-hybridized carbons (Fsp3) is 0.545. The third-order valence-corrected chi connectivity index (χ3v) is 13.4. The number of anilines is 1. The predicted molar refractivity (Wildman–Crippen MR) is 233 cm³/mol. The van der Waals surface area contributed by atoms with E-state index in [0.717, 1.165) is 82.9 Å². The molecule has 0 aliphatic heterocycles. The molecule has 0 unspecified atom stereocenters. The van der Waals surface area contributed by atoms with Crippen LogP contribution in [0.3, 0.4) is 0 Å². The van der Waals surface area contributed by atoms with Crippen molar-refractivity contribution in [2.24, 2.45) is 5.92 Å². The summed E-state index contributed by atoms with van der Waals surface area (Å²) in [5.74, 6) is 0.698. The molecule has 0 amide bonds. The van der Waals surface area contributed by atoms with E-state index in [4.69, 9.17) is 34.0 Å². The van der Waals surface area contributed by atoms with Crippen LogP contribution < -0.4 is 4.90 Å². The first-order valence-electron chi connectivity index (χ1n) is 20.4. The van der Waals surface area contributed by atoms with Gasteiger partial charge in [0.2, 0.25) is 0 Å². The number of carbonyl (C=O) groups excluding carboxylic acids is 1. The maximum atomic E-state index is 13.2. The number of nitrogens with zero attached hydrogens (tertiary/aromatic N) is 5. The first-order chi connectivity index (χ1) is 26.5. The highest BCUT2D eigenvalue weighted by atomic mass is 28.3. The second kappa shape index (κ2) is 19.1. The van der Waals surface area contributed by atoms with E-state index in [2.05, 4.69) is 68.4 Å². The number of rotatable bonds is 18. The Bertz CT molecular complexity index is 1870. The summed E-state index contributed by atoms with van der Waals surface area (Å²) in [5, 5.41) is 5.03. The Balaban J connectivity index is 1.62. The number of fused-ring (bicyclic) bond motifs is 1. The number of ether oxygens (including phenoxy) is 4. The average Bonchev–Trinajstić information content (AvgIpc) is 3.57. The monoisotopic (exact) mass is 799 g/mol. The van der Waals surface area contributed by atoms with Gasteiger partial charge in [-0.2, -0.15) is 9.61 Å². The Kier molecular flexibility index (Phi) is 14.7. The molecule has 12 heteroatoms. The molecule has 0 radical (unpaired) electrons. The van der Waals surface area contributed by atoms with Crippen molar-refractivity contribution in [3.8, 4) is 22.4 Å². The minimum atomic E-state index is -1.32. The van der Waals surface area contributed by atoms with Crippen LogP contribution in [0, 0.1) is 5.92 Å². The minimum absolute atomic E-state index is 0.0995. The van der Waals surface area contributed by atoms with Gasteiger partial charge in [0.25, 0.3) is 0 Å². The smallest absolute Gasteiger partial charge is 0.309 e. The predicted octanol–water partition coefficient (Wildman–Crippen LogP) is 10.5. The van der Waals surface area contributed by atoms with Gasteiger partial charge >= 0.3 is 5.97 Å². The number of esters is 1. The van der Waals surface area contributed by atoms with Crippen LogP contribution in [-0.2, 0) is 23.7 Å². The molecule has 4 aromatic rings. The Morgan fingerprint density at radius 2 is 1.52 bits per heavy atom. The van der Waals surface area contributed by atoms with Crippen LogP contribution >= 0.6 is 0 Å². The van der Waals surface area contributed by atoms with Gasteiger partial charge in [0, 0.05) is 63.7 Å². The molecule has 1 aliphatic rings. The van der Waals surface area contributed by atoms with Crippen LogP contribution in [0.5, 0.6) is 0 Å². The first kappa shape index (κ1) is 43.3. The van der Waals surface area contributed by atoms with E-state index in [1.54, 1.807) is 6.26 Å². The van der Waals surface area contributed by atoms with Crippen LogP contribution in [0.1, 0.15) is 70.6 Å². The molecule has 1 fully saturated rings. The van der Waals surface area contributed by atoms with Gasteiger partial charge in [-0.3, -0.25) is 9.78 Å². The van der Waals surface area contributed by atoms with Gasteiger partial charge < -0.3 is 23.8 Å². The second-order valence-corrected chi connectivity index (χ2v) is 29.6. The maximum absolute atomic E-state index is 13.2. The summed E-state index contributed by atoms with van der Waals surface area (Å²) in [4.78, 5) is 25.7. The lowest BCUT2D eigenvalue weighted by molar-refractivity contribution is -0.161. The van der Waals surface area contributed by atoms with E-state index < -0.39 is 21.7 Å². The number of carbonyl (C=O) groups is 1. The third-order valence-electron chi connectivity index (χ3n) is 9.97. The fourth-order valence-electron chi connectivity index (χ4n) is 6.79. The van der Waals surface area contributed by atoms with Gasteiger partial charge in [0.1, 0.15) is 24.9 Å². The molecule has 0 atom stereocenters. The molecule has 5 rings (SSSR count). The van der Waals surface area contributed by atoms with Crippen molar-refractivity contribution >= 4 is 39.7 Å². The fourth-order valence-corrected chi connectivity index (χ4v) is 8.30. The Morgan fingerprint density at radius 3 is 2.07 bits per heavy atom. The molecule has 1 saturated carbocycles. The molecule has 0 spiro atoms. The lowest BCUT2D eigenvalue weighted by Gasteiger charge is -2.32. The van der Waals surface area contributed by atoms with Crippen molar-refractivity contribution in [2.45, 2.75) is 116 Å². The highest BCUT2D eigenvalue weighted by molar-refractivity contribution is 6.76. The number of benzene rings is 1. The van der Waals surface area contributed by atoms with Crippen LogP contribution in [0.4, 0.5) is 5.82 Å². The lowest BCUT2D eigenvalue weighted by Crippen LogP contribution is -2.34. The zero-order valence-electron chi connectivity index (χ0n) is 35.6. The molecule has 56 heavy (non-hydrogen) atoms. The highest BCUT2D eigenvalue weighted by Crippen LogP contribution is 2.41. The van der Waals surface area contributed by atoms with Crippen LogP contribution in [-0.4, -0.2) is 80.6 Å². The number of aromatic nitrogens is 4. The van der Waals surface area contributed by atoms with Gasteiger partial charge in [-0.05, 0) is 77.6 Å². The standard InChI is InChI=1S/C44H65N5O5Si2/c1-11-51-24-23-37-40(34-17-19-35(20-18-34)43(50)54-44(2,3)4)47-41-38(36-21-22-39(45-29-36)33-15-13-12-14-16-33)30-46-49(41)42(37)48(31-52-25-27-55(5,6)7)32-53-26-28-56(8,9)10/h12-16,21-24,29-30,34-35H,11,17-20,25-28,31-32H2,1-10H3/b24-23-. The van der Waals surface area contributed by atoms with Crippen molar-refractivity contribution in [3.05, 3.63) is 72.4 Å². The normalized spacial score (nSPS) is 16.8. The molecule has 0 bridgehead atoms. The largest absolute Gasteiger partial charge is 0.501 e. The van der Waals surface area contributed by atoms with Crippen molar-refractivity contribution in [1.29, 1.82) is 0 Å². The van der Waals surface area contributed by atoms with Crippen molar-refractivity contribution < 1.29 is 23.7 Å². The summed E-state index contributed by atoms with van der Waals surface area (Å²) in [6, 6.07) is 16.5. The van der Waals surface area contributed by atoms with Crippen LogP contribution in [0.2, 0.25) is 51.4 Å². The maximum Gasteiger partial charge on any atom is 0.309 e. The van der Waals surface area contributed by atoms with Gasteiger partial charge in [-0.15, -0.1) is 0 Å². The van der Waals surface area contributed by atoms with E-state index in [-0.39, 0.29) is 17.8 Å². The SMILES string of the molecule is CCO/C=C\c1c(C2CCC(C(=O)OC(C)(C)C)CC2)nc2c(-c3ccc(-c4ccccc4)nc3)cnn2c1N(COCC[Si](C)(C)C)COCC[Si](C)(C)C. The Morgan fingerprint density at radius 1 is 0.875 bits per heavy atom. The molecule has 0 saturated heterocycles. The first-order valence-corrected chi connectivity index (χ1v) is 27.8. The summed E-state index contributed by atoms with van der Waals surface area (Å²) < 4.78 is 26.5. The molecule has 10 nitrogen and oxygen atoms in total. The second-order valence-electron chi connectivity index (χ2n) is 18.4. The minimum Gasteiger partial charge on any atom is -0.501 e. The Labute approximate surface area is 337 Å². The molecular formula is C44H65N5O5Si2. The topological polar surface area (TPSA) is 100 Å². The Hall–Kier alpha value is -3.85. The van der Waals surface area contributed by atoms with Crippen molar-refractivity contribution in [3.63, 3.8) is 0 Å². The van der Waals surface area contributed by atoms with Crippen LogP contribution in [0.15, 0.2) is 61.1 Å². The zero-order chi connectivity index (χ0) is 40.5. The number of hydrogen-bond acceptors (Lipinski definition) is 9. The molecule has 304 valence electrons. The van der Waals surface area contributed by atoms with Crippen molar-refractivity contribution in [2.75, 3.05) is 38.2 Å². The van der Waals surface area contributed by atoms with E-state index in [0.29, 0.717) is 33.3 Å². The molecule has 1 aliphatic carbocycles. The number of hydrogen-bond donors (Lipinski definition) is 0.